The van der Waals surface area contributed by atoms with Crippen molar-refractivity contribution < 1.29 is 19.7 Å². The number of carboxylic acid groups (broad SMARTS) is 1. The third-order valence-corrected chi connectivity index (χ3v) is 5.10. The number of aromatic hydroxyl groups is 1. The van der Waals surface area contributed by atoms with Gasteiger partial charge in [-0.15, -0.1) is 0 Å². The zero-order chi connectivity index (χ0) is 19.2. The zero-order valence-electron chi connectivity index (χ0n) is 14.7. The number of rotatable bonds is 7. The van der Waals surface area contributed by atoms with Gasteiger partial charge in [0.05, 0.1) is 7.11 Å². The molecule has 0 atom stereocenters. The average Bonchev–Trinajstić information content (AvgIpc) is 2.68. The Kier molecular flexibility index (Phi) is 5.88. The van der Waals surface area contributed by atoms with Gasteiger partial charge in [0, 0.05) is 22.0 Å². The molecule has 0 fully saturated rings. The van der Waals surface area contributed by atoms with Crippen LogP contribution >= 0.6 is 11.8 Å². The van der Waals surface area contributed by atoms with Crippen molar-refractivity contribution in [2.24, 2.45) is 0 Å². The van der Waals surface area contributed by atoms with Crippen LogP contribution in [0, 0.1) is 0 Å². The summed E-state index contributed by atoms with van der Waals surface area (Å²) in [5.74, 6) is -0.592. The molecule has 0 radical (unpaired) electrons. The van der Waals surface area contributed by atoms with Crippen molar-refractivity contribution in [2.45, 2.75) is 16.3 Å². The summed E-state index contributed by atoms with van der Waals surface area (Å²) in [6.07, 6.45) is 0. The van der Waals surface area contributed by atoms with Crippen LogP contribution in [0.5, 0.6) is 11.5 Å². The molecule has 27 heavy (non-hydrogen) atoms. The Morgan fingerprint density at radius 1 is 1.07 bits per heavy atom. The standard InChI is InChI=1S/C21H19NO4S/c1-26-16-7-9-17(10-8-16)27-20-5-3-2-4-14(20)13-22-15-6-11-19(23)18(12-15)21(24)25/h2-12,22-23H,13H2,1H3,(H,24,25). The lowest BCUT2D eigenvalue weighted by Crippen LogP contribution is -2.03. The van der Waals surface area contributed by atoms with Crippen LogP contribution in [-0.2, 0) is 6.54 Å². The normalized spacial score (nSPS) is 10.4. The van der Waals surface area contributed by atoms with E-state index >= 15 is 0 Å². The molecular weight excluding hydrogens is 362 g/mol. The molecule has 0 bridgehead atoms. The zero-order valence-corrected chi connectivity index (χ0v) is 15.5. The topological polar surface area (TPSA) is 78.8 Å². The quantitative estimate of drug-likeness (QED) is 0.507. The van der Waals surface area contributed by atoms with Gasteiger partial charge < -0.3 is 20.3 Å². The molecule has 138 valence electrons. The number of carboxylic acids is 1. The molecule has 3 rings (SSSR count). The van der Waals surface area contributed by atoms with Gasteiger partial charge in [-0.3, -0.25) is 0 Å². The second-order valence-electron chi connectivity index (χ2n) is 5.78. The van der Waals surface area contributed by atoms with Gasteiger partial charge in [-0.1, -0.05) is 30.0 Å². The molecule has 3 aromatic carbocycles. The minimum atomic E-state index is -1.16. The van der Waals surface area contributed by atoms with Gasteiger partial charge in [-0.2, -0.15) is 0 Å². The van der Waals surface area contributed by atoms with Gasteiger partial charge >= 0.3 is 5.97 Å². The molecule has 0 aliphatic heterocycles. The summed E-state index contributed by atoms with van der Waals surface area (Å²) < 4.78 is 5.19. The fraction of sp³-hybridized carbons (Fsp3) is 0.0952. The van der Waals surface area contributed by atoms with Crippen molar-refractivity contribution in [3.63, 3.8) is 0 Å². The lowest BCUT2D eigenvalue weighted by Gasteiger charge is -2.12. The Hall–Kier alpha value is -3.12. The molecule has 0 unspecified atom stereocenters. The summed E-state index contributed by atoms with van der Waals surface area (Å²) in [5.41, 5.74) is 1.60. The molecule has 0 saturated carbocycles. The summed E-state index contributed by atoms with van der Waals surface area (Å²) in [7, 11) is 1.64. The fourth-order valence-corrected chi connectivity index (χ4v) is 3.48. The van der Waals surface area contributed by atoms with Gasteiger partial charge in [0.25, 0.3) is 0 Å². The van der Waals surface area contributed by atoms with Crippen molar-refractivity contribution in [3.8, 4) is 11.5 Å². The minimum Gasteiger partial charge on any atom is -0.507 e. The van der Waals surface area contributed by atoms with Crippen LogP contribution in [0.25, 0.3) is 0 Å². The van der Waals surface area contributed by atoms with E-state index in [1.54, 1.807) is 24.9 Å². The molecule has 6 heteroatoms. The van der Waals surface area contributed by atoms with Crippen molar-refractivity contribution in [1.29, 1.82) is 0 Å². The highest BCUT2D eigenvalue weighted by molar-refractivity contribution is 7.99. The Morgan fingerprint density at radius 3 is 2.52 bits per heavy atom. The van der Waals surface area contributed by atoms with Crippen molar-refractivity contribution >= 4 is 23.4 Å². The first-order chi connectivity index (χ1) is 13.1. The maximum atomic E-state index is 11.2. The number of phenols is 1. The first-order valence-electron chi connectivity index (χ1n) is 8.27. The van der Waals surface area contributed by atoms with E-state index in [1.807, 2.05) is 48.5 Å². The van der Waals surface area contributed by atoms with Gasteiger partial charge in [0.1, 0.15) is 17.1 Å². The van der Waals surface area contributed by atoms with E-state index in [9.17, 15) is 9.90 Å². The molecule has 5 nitrogen and oxygen atoms in total. The summed E-state index contributed by atoms with van der Waals surface area (Å²) in [4.78, 5) is 13.4. The Morgan fingerprint density at radius 2 is 1.81 bits per heavy atom. The van der Waals surface area contributed by atoms with E-state index in [4.69, 9.17) is 9.84 Å². The third kappa shape index (κ3) is 4.74. The molecular formula is C21H19NO4S. The van der Waals surface area contributed by atoms with Crippen LogP contribution in [0.3, 0.4) is 0 Å². The minimum absolute atomic E-state index is 0.124. The van der Waals surface area contributed by atoms with E-state index in [1.165, 1.54) is 12.1 Å². The monoisotopic (exact) mass is 381 g/mol. The van der Waals surface area contributed by atoms with Crippen LogP contribution in [0.2, 0.25) is 0 Å². The largest absolute Gasteiger partial charge is 0.507 e. The van der Waals surface area contributed by atoms with Crippen LogP contribution in [0.15, 0.2) is 76.5 Å². The Labute approximate surface area is 161 Å². The molecule has 3 aromatic rings. The van der Waals surface area contributed by atoms with Crippen molar-refractivity contribution in [3.05, 3.63) is 77.9 Å². The molecule has 0 spiro atoms. The van der Waals surface area contributed by atoms with Gasteiger partial charge in [-0.25, -0.2) is 4.79 Å². The van der Waals surface area contributed by atoms with E-state index in [0.717, 1.165) is 21.1 Å². The van der Waals surface area contributed by atoms with Crippen LogP contribution in [0.1, 0.15) is 15.9 Å². The number of carbonyl (C=O) groups is 1. The number of hydrogen-bond donors (Lipinski definition) is 3. The lowest BCUT2D eigenvalue weighted by atomic mass is 10.1. The third-order valence-electron chi connectivity index (χ3n) is 3.97. The molecule has 0 heterocycles. The maximum Gasteiger partial charge on any atom is 0.339 e. The van der Waals surface area contributed by atoms with E-state index in [-0.39, 0.29) is 11.3 Å². The molecule has 0 amide bonds. The van der Waals surface area contributed by atoms with E-state index in [2.05, 4.69) is 5.32 Å². The van der Waals surface area contributed by atoms with Crippen molar-refractivity contribution in [1.82, 2.24) is 0 Å². The second kappa shape index (κ2) is 8.51. The number of hydrogen-bond acceptors (Lipinski definition) is 5. The van der Waals surface area contributed by atoms with Crippen molar-refractivity contribution in [2.75, 3.05) is 12.4 Å². The number of ether oxygens (including phenoxy) is 1. The summed E-state index contributed by atoms with van der Waals surface area (Å²) in [6.45, 7) is 0.531. The number of aromatic carboxylic acids is 1. The smallest absolute Gasteiger partial charge is 0.339 e. The molecule has 0 aromatic heterocycles. The Balaban J connectivity index is 1.74. The highest BCUT2D eigenvalue weighted by Gasteiger charge is 2.10. The molecule has 0 saturated heterocycles. The average molecular weight is 381 g/mol. The Bertz CT molecular complexity index is 941. The molecule has 3 N–H and O–H groups in total. The summed E-state index contributed by atoms with van der Waals surface area (Å²) in [6, 6.07) is 20.3. The predicted octanol–water partition coefficient (Wildman–Crippen LogP) is 4.86. The lowest BCUT2D eigenvalue weighted by molar-refractivity contribution is 0.0694. The van der Waals surface area contributed by atoms with Crippen LogP contribution < -0.4 is 10.1 Å². The SMILES string of the molecule is COc1ccc(Sc2ccccc2CNc2ccc(O)c(C(=O)O)c2)cc1. The van der Waals surface area contributed by atoms with Crippen LogP contribution in [-0.4, -0.2) is 23.3 Å². The summed E-state index contributed by atoms with van der Waals surface area (Å²) >= 11 is 1.65. The molecule has 0 aliphatic carbocycles. The van der Waals surface area contributed by atoms with E-state index < -0.39 is 5.97 Å². The van der Waals surface area contributed by atoms with Gasteiger partial charge in [-0.05, 0) is 54.1 Å². The maximum absolute atomic E-state index is 11.2. The predicted molar refractivity (Wildman–Crippen MR) is 106 cm³/mol. The number of anilines is 1. The number of benzene rings is 3. The summed E-state index contributed by atoms with van der Waals surface area (Å²) in [5, 5.41) is 22.0. The van der Waals surface area contributed by atoms with E-state index in [0.29, 0.717) is 12.2 Å². The van der Waals surface area contributed by atoms with Gasteiger partial charge in [0.15, 0.2) is 0 Å². The first-order valence-corrected chi connectivity index (χ1v) is 9.08. The highest BCUT2D eigenvalue weighted by atomic mass is 32.2. The fourth-order valence-electron chi connectivity index (χ4n) is 2.53. The molecule has 0 aliphatic rings. The first kappa shape index (κ1) is 18.7. The number of nitrogens with one attached hydrogen (secondary N) is 1. The second-order valence-corrected chi connectivity index (χ2v) is 6.89. The number of methoxy groups -OCH3 is 1. The van der Waals surface area contributed by atoms with Gasteiger partial charge in [0.2, 0.25) is 0 Å². The highest BCUT2D eigenvalue weighted by Crippen LogP contribution is 2.32. The van der Waals surface area contributed by atoms with Crippen LogP contribution in [0.4, 0.5) is 5.69 Å².